The molecule has 1 aliphatic rings. The molecular formula is C19H21NO5S2. The molecule has 3 rings (SSSR count). The topological polar surface area (TPSA) is 89.5 Å². The van der Waals surface area contributed by atoms with Crippen molar-refractivity contribution in [3.05, 3.63) is 45.6 Å². The molecule has 8 heteroatoms. The fourth-order valence-corrected chi connectivity index (χ4v) is 5.77. The van der Waals surface area contributed by atoms with Gasteiger partial charge in [-0.1, -0.05) is 19.9 Å². The molecule has 0 saturated carbocycles. The average molecular weight is 408 g/mol. The van der Waals surface area contributed by atoms with Gasteiger partial charge in [-0.25, -0.2) is 13.2 Å². The number of carbonyl (C=O) groups is 2. The van der Waals surface area contributed by atoms with Gasteiger partial charge in [0.25, 0.3) is 0 Å². The largest absolute Gasteiger partial charge is 0.467 e. The quantitative estimate of drug-likeness (QED) is 0.765. The van der Waals surface area contributed by atoms with Crippen molar-refractivity contribution in [1.82, 2.24) is 0 Å². The molecule has 2 heterocycles. The lowest BCUT2D eigenvalue weighted by atomic mass is 10.0. The van der Waals surface area contributed by atoms with E-state index in [0.717, 1.165) is 0 Å². The van der Waals surface area contributed by atoms with Gasteiger partial charge in [0.05, 0.1) is 28.2 Å². The molecule has 0 aliphatic carbocycles. The molecule has 0 fully saturated rings. The predicted molar refractivity (Wildman–Crippen MR) is 104 cm³/mol. The van der Waals surface area contributed by atoms with Crippen LogP contribution in [0.25, 0.3) is 0 Å². The number of carbonyl (C=O) groups excluding carboxylic acids is 2. The average Bonchev–Trinajstić information content (AvgIpc) is 3.03. The van der Waals surface area contributed by atoms with Crippen molar-refractivity contribution in [2.75, 3.05) is 12.4 Å². The molecule has 0 bridgehead atoms. The number of sulfone groups is 1. The molecule has 1 N–H and O–H groups in total. The van der Waals surface area contributed by atoms with Crippen molar-refractivity contribution < 1.29 is 22.7 Å². The Morgan fingerprint density at radius 1 is 1.30 bits per heavy atom. The maximum absolute atomic E-state index is 13.1. The molecule has 144 valence electrons. The molecule has 0 saturated heterocycles. The summed E-state index contributed by atoms with van der Waals surface area (Å²) in [4.78, 5) is 25.7. The summed E-state index contributed by atoms with van der Waals surface area (Å²) in [6.07, 6.45) is 0.488. The van der Waals surface area contributed by atoms with Crippen molar-refractivity contribution >= 4 is 38.6 Å². The second-order valence-electron chi connectivity index (χ2n) is 6.89. The molecule has 1 aliphatic heterocycles. The zero-order valence-corrected chi connectivity index (χ0v) is 16.9. The van der Waals surface area contributed by atoms with Crippen molar-refractivity contribution in [2.45, 2.75) is 37.0 Å². The van der Waals surface area contributed by atoms with Crippen LogP contribution in [0.15, 0.2) is 34.5 Å². The number of ether oxygens (including phenoxy) is 1. The third-order valence-electron chi connectivity index (χ3n) is 4.41. The standard InChI is InChI=1S/C19H21NO5S2/c1-11(2)9-14(19(22)25-3)20-13-5-4-6-15-16(13)17(21)18-12(7-8-26-18)10-27(15,23)24/h4-8,11,14,20H,9-10H2,1-3H3. The summed E-state index contributed by atoms with van der Waals surface area (Å²) in [5.41, 5.74) is 0.939. The fraction of sp³-hybridized carbons (Fsp3) is 0.368. The van der Waals surface area contributed by atoms with Gasteiger partial charge in [0.15, 0.2) is 9.84 Å². The third-order valence-corrected chi connectivity index (χ3v) is 7.07. The summed E-state index contributed by atoms with van der Waals surface area (Å²) in [5.74, 6) is -0.804. The van der Waals surface area contributed by atoms with Gasteiger partial charge in [0, 0.05) is 5.69 Å². The van der Waals surface area contributed by atoms with E-state index >= 15 is 0 Å². The van der Waals surface area contributed by atoms with Crippen LogP contribution in [0.4, 0.5) is 5.69 Å². The summed E-state index contributed by atoms with van der Waals surface area (Å²) in [6.45, 7) is 3.94. The van der Waals surface area contributed by atoms with Crippen molar-refractivity contribution in [2.24, 2.45) is 5.92 Å². The van der Waals surface area contributed by atoms with Gasteiger partial charge in [-0.05, 0) is 41.5 Å². The molecule has 0 radical (unpaired) electrons. The highest BCUT2D eigenvalue weighted by Gasteiger charge is 2.34. The molecule has 6 nitrogen and oxygen atoms in total. The highest BCUT2D eigenvalue weighted by Crippen LogP contribution is 2.36. The first-order chi connectivity index (χ1) is 12.7. The minimum atomic E-state index is -3.67. The van der Waals surface area contributed by atoms with Gasteiger partial charge in [0.2, 0.25) is 5.78 Å². The van der Waals surface area contributed by atoms with Crippen LogP contribution >= 0.6 is 11.3 Å². The summed E-state index contributed by atoms with van der Waals surface area (Å²) in [7, 11) is -2.37. The molecule has 1 atom stereocenters. The minimum absolute atomic E-state index is 0.00550. The molecule has 1 aromatic carbocycles. The molecule has 1 unspecified atom stereocenters. The smallest absolute Gasteiger partial charge is 0.328 e. The van der Waals surface area contributed by atoms with Gasteiger partial charge in [-0.3, -0.25) is 4.79 Å². The van der Waals surface area contributed by atoms with E-state index in [1.54, 1.807) is 23.6 Å². The number of rotatable bonds is 5. The molecular weight excluding hydrogens is 386 g/mol. The maximum atomic E-state index is 13.1. The number of esters is 1. The predicted octanol–water partition coefficient (Wildman–Crippen LogP) is 3.27. The van der Waals surface area contributed by atoms with E-state index in [1.807, 2.05) is 13.8 Å². The van der Waals surface area contributed by atoms with Crippen LogP contribution in [0.3, 0.4) is 0 Å². The number of nitrogens with one attached hydrogen (secondary N) is 1. The zero-order valence-electron chi connectivity index (χ0n) is 15.3. The summed E-state index contributed by atoms with van der Waals surface area (Å²) >= 11 is 1.23. The van der Waals surface area contributed by atoms with E-state index in [1.165, 1.54) is 24.5 Å². The number of benzene rings is 1. The minimum Gasteiger partial charge on any atom is -0.467 e. The molecule has 0 spiro atoms. The van der Waals surface area contributed by atoms with Gasteiger partial charge in [-0.2, -0.15) is 0 Å². The summed E-state index contributed by atoms with van der Waals surface area (Å²) < 4.78 is 30.5. The molecule has 27 heavy (non-hydrogen) atoms. The van der Waals surface area contributed by atoms with Crippen LogP contribution in [0.2, 0.25) is 0 Å². The van der Waals surface area contributed by atoms with Gasteiger partial charge < -0.3 is 10.1 Å². The van der Waals surface area contributed by atoms with E-state index in [4.69, 9.17) is 4.74 Å². The zero-order chi connectivity index (χ0) is 19.8. The first-order valence-electron chi connectivity index (χ1n) is 8.55. The SMILES string of the molecule is COC(=O)C(CC(C)C)Nc1cccc2c1C(=O)c1sccc1CS2(=O)=O. The molecule has 0 amide bonds. The number of hydrogen-bond acceptors (Lipinski definition) is 7. The number of anilines is 1. The lowest BCUT2D eigenvalue weighted by molar-refractivity contribution is -0.141. The Hall–Kier alpha value is -2.19. The lowest BCUT2D eigenvalue weighted by Gasteiger charge is -2.21. The Morgan fingerprint density at radius 2 is 2.04 bits per heavy atom. The van der Waals surface area contributed by atoms with E-state index < -0.39 is 21.8 Å². The molecule has 1 aromatic heterocycles. The number of methoxy groups -OCH3 is 1. The first-order valence-corrected chi connectivity index (χ1v) is 11.1. The number of ketones is 1. The monoisotopic (exact) mass is 407 g/mol. The Labute approximate surface area is 162 Å². The van der Waals surface area contributed by atoms with E-state index in [0.29, 0.717) is 22.5 Å². The Kier molecular flexibility index (Phi) is 5.39. The Balaban J connectivity index is 2.13. The molecule has 2 aromatic rings. The van der Waals surface area contributed by atoms with Crippen LogP contribution in [-0.4, -0.2) is 33.3 Å². The van der Waals surface area contributed by atoms with Crippen LogP contribution in [0.1, 0.15) is 41.1 Å². The van der Waals surface area contributed by atoms with Gasteiger partial charge in [-0.15, -0.1) is 11.3 Å². The van der Waals surface area contributed by atoms with Crippen molar-refractivity contribution in [1.29, 1.82) is 0 Å². The Bertz CT molecular complexity index is 991. The highest BCUT2D eigenvalue weighted by atomic mass is 32.2. The first kappa shape index (κ1) is 19.6. The van der Waals surface area contributed by atoms with E-state index in [9.17, 15) is 18.0 Å². The van der Waals surface area contributed by atoms with Gasteiger partial charge >= 0.3 is 5.97 Å². The van der Waals surface area contributed by atoms with Crippen LogP contribution < -0.4 is 5.32 Å². The van der Waals surface area contributed by atoms with E-state index in [-0.39, 0.29) is 27.9 Å². The second-order valence-corrected chi connectivity index (χ2v) is 9.77. The number of hydrogen-bond donors (Lipinski definition) is 1. The summed E-state index contributed by atoms with van der Waals surface area (Å²) in [6, 6.07) is 5.64. The fourth-order valence-electron chi connectivity index (χ4n) is 3.20. The highest BCUT2D eigenvalue weighted by molar-refractivity contribution is 7.90. The van der Waals surface area contributed by atoms with Crippen molar-refractivity contribution in [3.8, 4) is 0 Å². The lowest BCUT2D eigenvalue weighted by Crippen LogP contribution is -2.32. The number of thiophene rings is 1. The van der Waals surface area contributed by atoms with E-state index in [2.05, 4.69) is 5.32 Å². The Morgan fingerprint density at radius 3 is 2.70 bits per heavy atom. The summed E-state index contributed by atoms with van der Waals surface area (Å²) in [5, 5.41) is 4.77. The maximum Gasteiger partial charge on any atom is 0.328 e. The van der Waals surface area contributed by atoms with Crippen LogP contribution in [0, 0.1) is 5.92 Å². The second kappa shape index (κ2) is 7.44. The van der Waals surface area contributed by atoms with Gasteiger partial charge in [0.1, 0.15) is 6.04 Å². The third kappa shape index (κ3) is 3.77. The number of fused-ring (bicyclic) bond motifs is 2. The van der Waals surface area contributed by atoms with Crippen molar-refractivity contribution in [3.63, 3.8) is 0 Å². The van der Waals surface area contributed by atoms with Crippen LogP contribution in [0.5, 0.6) is 0 Å². The van der Waals surface area contributed by atoms with Crippen LogP contribution in [-0.2, 0) is 25.1 Å². The normalized spacial score (nSPS) is 16.2.